The molecule has 1 aromatic carbocycles. The maximum Gasteiger partial charge on any atom is 0.407 e. The first kappa shape index (κ1) is 29.5. The van der Waals surface area contributed by atoms with Crippen LogP contribution in [-0.2, 0) is 35.7 Å². The summed E-state index contributed by atoms with van der Waals surface area (Å²) in [5, 5.41) is 9.78. The first-order valence-corrected chi connectivity index (χ1v) is 12.6. The van der Waals surface area contributed by atoms with E-state index in [1.54, 1.807) is 59.7 Å². The zero-order valence-electron chi connectivity index (χ0n) is 22.8. The molecule has 0 fully saturated rings. The number of aryl methyl sites for hydroxylation is 3. The van der Waals surface area contributed by atoms with Gasteiger partial charge in [0.05, 0.1) is 12.2 Å². The lowest BCUT2D eigenvalue weighted by atomic mass is 10.1. The Bertz CT molecular complexity index is 1460. The quantitative estimate of drug-likeness (QED) is 0.361. The third-order valence-corrected chi connectivity index (χ3v) is 6.00. The summed E-state index contributed by atoms with van der Waals surface area (Å²) < 4.78 is 12.4. The Kier molecular flexibility index (Phi) is 9.23. The molecule has 0 spiro atoms. The Balaban J connectivity index is 1.69. The van der Waals surface area contributed by atoms with Crippen molar-refractivity contribution in [1.29, 1.82) is 0 Å². The second kappa shape index (κ2) is 12.2. The van der Waals surface area contributed by atoms with E-state index in [4.69, 9.17) is 20.9 Å². The van der Waals surface area contributed by atoms with E-state index in [1.807, 2.05) is 0 Å². The van der Waals surface area contributed by atoms with Crippen LogP contribution in [0.25, 0.3) is 0 Å². The summed E-state index contributed by atoms with van der Waals surface area (Å²) in [4.78, 5) is 50.4. The molecule has 0 aliphatic heterocycles. The number of carbonyl (C=O) groups is 2. The highest BCUT2D eigenvalue weighted by Crippen LogP contribution is 2.17. The lowest BCUT2D eigenvalue weighted by molar-refractivity contribution is -0.121. The van der Waals surface area contributed by atoms with Crippen LogP contribution >= 0.6 is 11.6 Å². The molecule has 2 aromatic heterocycles. The SMILES string of the molecule is Cc1noc(C)c1CNn1c(=O)cc(C)n(CC(=O)NCc2cc(Cl)ccc2CNC(=O)OC(C)(C)C)c1=O. The van der Waals surface area contributed by atoms with Gasteiger partial charge in [0.1, 0.15) is 17.9 Å². The summed E-state index contributed by atoms with van der Waals surface area (Å²) in [7, 11) is 0. The number of aromatic nitrogens is 3. The van der Waals surface area contributed by atoms with Gasteiger partial charge in [0.25, 0.3) is 5.56 Å². The molecule has 2 heterocycles. The van der Waals surface area contributed by atoms with Gasteiger partial charge in [-0.2, -0.15) is 4.68 Å². The molecule has 3 aromatic rings. The third kappa shape index (κ3) is 7.96. The van der Waals surface area contributed by atoms with E-state index in [2.05, 4.69) is 21.2 Å². The molecule has 3 rings (SSSR count). The molecule has 0 bridgehead atoms. The molecule has 0 aliphatic carbocycles. The smallest absolute Gasteiger partial charge is 0.407 e. The molecule has 2 amide bonds. The number of rotatable bonds is 9. The molecule has 0 aliphatic rings. The molecule has 0 unspecified atom stereocenters. The van der Waals surface area contributed by atoms with E-state index >= 15 is 0 Å². The molecular formula is C26H33ClN6O6. The van der Waals surface area contributed by atoms with Crippen molar-refractivity contribution < 1.29 is 18.8 Å². The van der Waals surface area contributed by atoms with Crippen molar-refractivity contribution in [2.45, 2.75) is 73.3 Å². The molecule has 3 N–H and O–H groups in total. The van der Waals surface area contributed by atoms with Gasteiger partial charge in [-0.25, -0.2) is 9.59 Å². The largest absolute Gasteiger partial charge is 0.444 e. The number of halogens is 1. The number of amides is 2. The third-order valence-electron chi connectivity index (χ3n) is 5.76. The molecular weight excluding hydrogens is 528 g/mol. The maximum absolute atomic E-state index is 13.1. The summed E-state index contributed by atoms with van der Waals surface area (Å²) >= 11 is 6.15. The monoisotopic (exact) mass is 560 g/mol. The van der Waals surface area contributed by atoms with Gasteiger partial charge >= 0.3 is 11.8 Å². The molecule has 13 heteroatoms. The number of ether oxygens (including phenoxy) is 1. The van der Waals surface area contributed by atoms with Crippen molar-refractivity contribution in [2.24, 2.45) is 0 Å². The Morgan fingerprint density at radius 3 is 2.36 bits per heavy atom. The lowest BCUT2D eigenvalue weighted by Crippen LogP contribution is -2.46. The van der Waals surface area contributed by atoms with Crippen LogP contribution in [0.2, 0.25) is 5.02 Å². The Morgan fingerprint density at radius 1 is 1.03 bits per heavy atom. The topological polar surface area (TPSA) is 149 Å². The van der Waals surface area contributed by atoms with Crippen molar-refractivity contribution in [3.05, 3.63) is 84.0 Å². The van der Waals surface area contributed by atoms with Crippen molar-refractivity contribution in [3.8, 4) is 0 Å². The number of nitrogens with zero attached hydrogens (tertiary/aromatic N) is 3. The number of hydrogen-bond donors (Lipinski definition) is 3. The fourth-order valence-corrected chi connectivity index (χ4v) is 3.94. The summed E-state index contributed by atoms with van der Waals surface area (Å²) in [6, 6.07) is 6.38. The Labute approximate surface area is 230 Å². The molecule has 210 valence electrons. The standard InChI is InChI=1S/C26H33ClN6O6/c1-15-9-23(35)33(30-13-21-16(2)31-39-17(21)3)25(37)32(15)14-22(34)28-12-19-10-20(27)8-7-18(19)11-29-24(36)38-26(4,5)6/h7-10,30H,11-14H2,1-6H3,(H,28,34)(H,29,36). The average Bonchev–Trinajstić information content (AvgIpc) is 3.15. The highest BCUT2D eigenvalue weighted by Gasteiger charge is 2.17. The first-order valence-electron chi connectivity index (χ1n) is 12.2. The van der Waals surface area contributed by atoms with Gasteiger partial charge in [-0.3, -0.25) is 14.2 Å². The van der Waals surface area contributed by atoms with Crippen molar-refractivity contribution in [1.82, 2.24) is 25.0 Å². The predicted octanol–water partition coefficient (Wildman–Crippen LogP) is 2.66. The van der Waals surface area contributed by atoms with Crippen molar-refractivity contribution >= 4 is 23.6 Å². The van der Waals surface area contributed by atoms with Gasteiger partial charge in [0, 0.05) is 35.4 Å². The molecule has 0 radical (unpaired) electrons. The van der Waals surface area contributed by atoms with Gasteiger partial charge in [-0.15, -0.1) is 0 Å². The first-order chi connectivity index (χ1) is 18.2. The molecule has 0 atom stereocenters. The van der Waals surface area contributed by atoms with Crippen molar-refractivity contribution in [3.63, 3.8) is 0 Å². The van der Waals surface area contributed by atoms with E-state index in [9.17, 15) is 19.2 Å². The molecule has 0 saturated carbocycles. The fraction of sp³-hybridized carbons (Fsp3) is 0.423. The van der Waals surface area contributed by atoms with Crippen molar-refractivity contribution in [2.75, 3.05) is 5.43 Å². The van der Waals surface area contributed by atoms with E-state index < -0.39 is 28.9 Å². The van der Waals surface area contributed by atoms with Gasteiger partial charge in [-0.1, -0.05) is 22.8 Å². The second-order valence-corrected chi connectivity index (χ2v) is 10.4. The van der Waals surface area contributed by atoms with Gasteiger partial charge in [0.2, 0.25) is 5.91 Å². The maximum atomic E-state index is 13.1. The van der Waals surface area contributed by atoms with Crippen LogP contribution in [0.5, 0.6) is 0 Å². The van der Waals surface area contributed by atoms with Gasteiger partial charge in [-0.05, 0) is 64.8 Å². The van der Waals surface area contributed by atoms with E-state index in [1.165, 1.54) is 10.6 Å². The zero-order valence-corrected chi connectivity index (χ0v) is 23.6. The van der Waals surface area contributed by atoms with Gasteiger partial charge < -0.3 is 25.3 Å². The van der Waals surface area contributed by atoms with Crippen LogP contribution in [0.1, 0.15) is 54.6 Å². The number of nitrogens with one attached hydrogen (secondary N) is 3. The number of hydrogen-bond acceptors (Lipinski definition) is 8. The summed E-state index contributed by atoms with van der Waals surface area (Å²) in [5.74, 6) is 0.115. The number of carbonyl (C=O) groups excluding carboxylic acids is 2. The minimum atomic E-state index is -0.688. The highest BCUT2D eigenvalue weighted by molar-refractivity contribution is 6.30. The van der Waals surface area contributed by atoms with Crippen LogP contribution < -0.4 is 27.3 Å². The predicted molar refractivity (Wildman–Crippen MR) is 145 cm³/mol. The van der Waals surface area contributed by atoms with Crippen LogP contribution in [-0.4, -0.2) is 32.0 Å². The summed E-state index contributed by atoms with van der Waals surface area (Å²) in [5.41, 5.74) is 4.03. The number of benzene rings is 1. The van der Waals surface area contributed by atoms with E-state index in [0.717, 1.165) is 15.8 Å². The van der Waals surface area contributed by atoms with E-state index in [-0.39, 0.29) is 26.2 Å². The zero-order chi connectivity index (χ0) is 28.9. The minimum absolute atomic E-state index is 0.0997. The minimum Gasteiger partial charge on any atom is -0.444 e. The van der Waals surface area contributed by atoms with Crippen LogP contribution in [0.15, 0.2) is 38.4 Å². The van der Waals surface area contributed by atoms with E-state index in [0.29, 0.717) is 27.7 Å². The Morgan fingerprint density at radius 2 is 1.72 bits per heavy atom. The van der Waals surface area contributed by atoms with Crippen LogP contribution in [0, 0.1) is 20.8 Å². The molecule has 0 saturated heterocycles. The Hall–Kier alpha value is -4.06. The fourth-order valence-electron chi connectivity index (χ4n) is 3.74. The molecule has 39 heavy (non-hydrogen) atoms. The summed E-state index contributed by atoms with van der Waals surface area (Å²) in [6.45, 7) is 10.5. The van der Waals surface area contributed by atoms with Gasteiger partial charge in [0.15, 0.2) is 0 Å². The van der Waals surface area contributed by atoms with Crippen LogP contribution in [0.3, 0.4) is 0 Å². The second-order valence-electron chi connectivity index (χ2n) is 10.0. The summed E-state index contributed by atoms with van der Waals surface area (Å²) in [6.07, 6.45) is -0.569. The number of alkyl carbamates (subject to hydrolysis) is 1. The average molecular weight is 561 g/mol. The molecule has 12 nitrogen and oxygen atoms in total. The normalized spacial score (nSPS) is 11.3. The van der Waals surface area contributed by atoms with Crippen LogP contribution in [0.4, 0.5) is 4.79 Å². The lowest BCUT2D eigenvalue weighted by Gasteiger charge is -2.20. The highest BCUT2D eigenvalue weighted by atomic mass is 35.5.